The van der Waals surface area contributed by atoms with E-state index in [1.807, 2.05) is 166 Å². The fraction of sp³-hybridized carbons (Fsp3) is 0.343. The lowest BCUT2D eigenvalue weighted by molar-refractivity contribution is 0.578. The van der Waals surface area contributed by atoms with Crippen LogP contribution in [0.25, 0.3) is 0 Å². The van der Waals surface area contributed by atoms with Crippen LogP contribution in [0.5, 0.6) is 0 Å². The molecule has 0 N–H and O–H groups in total. The van der Waals surface area contributed by atoms with Crippen molar-refractivity contribution in [3.05, 3.63) is 223 Å². The van der Waals surface area contributed by atoms with E-state index < -0.39 is 0 Å². The van der Waals surface area contributed by atoms with E-state index in [9.17, 15) is 0 Å². The van der Waals surface area contributed by atoms with Gasteiger partial charge in [-0.3, -0.25) is 59.9 Å². The Morgan fingerprint density at radius 3 is 1.09 bits per heavy atom. The summed E-state index contributed by atoms with van der Waals surface area (Å²) in [5.41, 5.74) is 7.75. The summed E-state index contributed by atoms with van der Waals surface area (Å²) in [5.74, 6) is 0.667. The first-order chi connectivity index (χ1) is 38.9. The SMILES string of the molecule is CC=NCCCCC.CCC(C)CN=Cc1ccccn1.CCCCCN=Cc1ccccn1.CCCN=Cc1ccccn1.CCN=Cc1ccccn1.CN=C(C(=NC)c1ccccc1)c1ccccc1.c1ccncc1. The molecule has 12 nitrogen and oxygen atoms in total. The van der Waals surface area contributed by atoms with Gasteiger partial charge in [0.1, 0.15) is 0 Å². The van der Waals surface area contributed by atoms with Gasteiger partial charge in [-0.2, -0.15) is 0 Å². The van der Waals surface area contributed by atoms with Crippen molar-refractivity contribution in [3.63, 3.8) is 0 Å². The fourth-order valence-corrected chi connectivity index (χ4v) is 6.18. The van der Waals surface area contributed by atoms with Crippen LogP contribution in [0.1, 0.15) is 134 Å². The van der Waals surface area contributed by atoms with E-state index in [0.29, 0.717) is 5.92 Å². The number of hydrogen-bond acceptors (Lipinski definition) is 12. The predicted octanol–water partition coefficient (Wildman–Crippen LogP) is 15.2. The Hall–Kier alpha value is -8.12. The Labute approximate surface area is 475 Å². The van der Waals surface area contributed by atoms with Crippen LogP contribution < -0.4 is 0 Å². The van der Waals surface area contributed by atoms with E-state index in [1.54, 1.807) is 57.5 Å². The van der Waals surface area contributed by atoms with Gasteiger partial charge in [-0.25, -0.2) is 0 Å². The van der Waals surface area contributed by atoms with Crippen molar-refractivity contribution < 1.29 is 0 Å². The molecule has 1 atom stereocenters. The summed E-state index contributed by atoms with van der Waals surface area (Å²) >= 11 is 0. The maximum absolute atomic E-state index is 4.39. The average molecular weight is 1060 g/mol. The highest BCUT2D eigenvalue weighted by molar-refractivity contribution is 6.53. The molecular formula is C67H90N12. The van der Waals surface area contributed by atoms with Crippen molar-refractivity contribution in [1.29, 1.82) is 0 Å². The molecule has 12 heteroatoms. The standard InChI is InChI=1S/C16H16N2.2C11H16N2.C9H12N2.C8H10N2.C7H15N.C5H5N/c1-17-15(13-9-5-3-6-10-13)16(18-2)14-11-7-4-8-12-14;1-3-10(2)8-12-9-11-6-4-5-7-13-11;1-2-3-5-8-12-10-11-7-4-6-9-13-11;1-2-6-10-8-9-5-3-4-7-11-9;1-2-9-7-8-5-3-4-6-10-8;1-3-5-6-7-8-4-2;1-2-4-6-5-3-1/h3-12H,1-2H3;4-7,9-10H,3,8H2,1-2H3;4,6-7,9-10H,2-3,5,8H2,1H3;3-5,7-8H,2,6H2,1H3;3-7H,2H2,1H3;4H,3,5-7H2,1-2H3;1-5H. The smallest absolute Gasteiger partial charge is 0.0901 e. The summed E-state index contributed by atoms with van der Waals surface area (Å²) in [6, 6.07) is 49.2. The molecule has 2 aromatic carbocycles. The highest BCUT2D eigenvalue weighted by Gasteiger charge is 2.12. The number of rotatable bonds is 21. The third kappa shape index (κ3) is 39.0. The van der Waals surface area contributed by atoms with Gasteiger partial charge in [-0.15, -0.1) is 0 Å². The van der Waals surface area contributed by atoms with Crippen molar-refractivity contribution >= 4 is 42.5 Å². The molecule has 7 rings (SSSR count). The van der Waals surface area contributed by atoms with E-state index in [-0.39, 0.29) is 0 Å². The summed E-state index contributed by atoms with van der Waals surface area (Å²) in [7, 11) is 3.60. The maximum atomic E-state index is 4.39. The van der Waals surface area contributed by atoms with Gasteiger partial charge in [0.25, 0.3) is 0 Å². The van der Waals surface area contributed by atoms with Gasteiger partial charge < -0.3 is 0 Å². The van der Waals surface area contributed by atoms with Crippen molar-refractivity contribution in [2.75, 3.05) is 46.8 Å². The van der Waals surface area contributed by atoms with Crippen LogP contribution in [0.2, 0.25) is 0 Å². The maximum Gasteiger partial charge on any atom is 0.0901 e. The van der Waals surface area contributed by atoms with Crippen LogP contribution in [-0.4, -0.2) is 114 Å². The Balaban J connectivity index is 0.000000471. The molecule has 0 aliphatic rings. The summed E-state index contributed by atoms with van der Waals surface area (Å²) in [6.45, 7) is 19.4. The van der Waals surface area contributed by atoms with E-state index in [2.05, 4.69) is 119 Å². The van der Waals surface area contributed by atoms with Gasteiger partial charge >= 0.3 is 0 Å². The highest BCUT2D eigenvalue weighted by atomic mass is 14.8. The number of unbranched alkanes of at least 4 members (excludes halogenated alkanes) is 4. The average Bonchev–Trinajstić information content (AvgIpc) is 3.53. The first-order valence-electron chi connectivity index (χ1n) is 27.9. The number of hydrogen-bond donors (Lipinski definition) is 0. The van der Waals surface area contributed by atoms with Gasteiger partial charge in [0.05, 0.1) is 34.2 Å². The minimum Gasteiger partial charge on any atom is -0.298 e. The Morgan fingerprint density at radius 1 is 0.405 bits per heavy atom. The quantitative estimate of drug-likeness (QED) is 0.0518. The molecular weight excluding hydrogens is 973 g/mol. The molecule has 418 valence electrons. The molecule has 0 radical (unpaired) electrons. The number of nitrogens with zero attached hydrogens (tertiary/aromatic N) is 12. The predicted molar refractivity (Wildman–Crippen MR) is 342 cm³/mol. The highest BCUT2D eigenvalue weighted by Crippen LogP contribution is 2.10. The normalized spacial score (nSPS) is 11.4. The largest absolute Gasteiger partial charge is 0.298 e. The van der Waals surface area contributed by atoms with E-state index in [0.717, 1.165) is 84.5 Å². The van der Waals surface area contributed by atoms with E-state index >= 15 is 0 Å². The topological polar surface area (TPSA) is 151 Å². The van der Waals surface area contributed by atoms with E-state index in [4.69, 9.17) is 0 Å². The first-order valence-corrected chi connectivity index (χ1v) is 27.9. The molecule has 0 spiro atoms. The van der Waals surface area contributed by atoms with E-state index in [1.165, 1.54) is 44.9 Å². The number of aromatic nitrogens is 5. The van der Waals surface area contributed by atoms with Crippen molar-refractivity contribution in [2.24, 2.45) is 40.9 Å². The third-order valence-corrected chi connectivity index (χ3v) is 10.6. The molecule has 0 aliphatic heterocycles. The molecule has 0 bridgehead atoms. The second kappa shape index (κ2) is 52.0. The van der Waals surface area contributed by atoms with Crippen molar-refractivity contribution in [3.8, 4) is 0 Å². The molecule has 5 aromatic heterocycles. The Bertz CT molecular complexity index is 2530. The van der Waals surface area contributed by atoms with Crippen LogP contribution in [0, 0.1) is 5.92 Å². The monoisotopic (exact) mass is 1060 g/mol. The summed E-state index contributed by atoms with van der Waals surface area (Å²) in [4.78, 5) is 50.0. The molecule has 0 saturated carbocycles. The summed E-state index contributed by atoms with van der Waals surface area (Å²) < 4.78 is 0. The van der Waals surface area contributed by atoms with Crippen LogP contribution in [0.4, 0.5) is 0 Å². The van der Waals surface area contributed by atoms with Crippen LogP contribution in [0.15, 0.2) is 224 Å². The molecule has 7 aromatic rings. The molecule has 0 saturated heterocycles. The summed E-state index contributed by atoms with van der Waals surface area (Å²) in [6.07, 6.45) is 29.6. The molecule has 0 aliphatic carbocycles. The lowest BCUT2D eigenvalue weighted by Crippen LogP contribution is -2.17. The fourth-order valence-electron chi connectivity index (χ4n) is 6.18. The number of benzene rings is 2. The zero-order valence-corrected chi connectivity index (χ0v) is 48.9. The third-order valence-electron chi connectivity index (χ3n) is 10.6. The summed E-state index contributed by atoms with van der Waals surface area (Å²) in [5, 5.41) is 0. The van der Waals surface area contributed by atoms with Gasteiger partial charge in [-0.1, -0.05) is 158 Å². The Kier molecular flexibility index (Phi) is 45.3. The van der Waals surface area contributed by atoms with Gasteiger partial charge in [0.15, 0.2) is 0 Å². The zero-order valence-electron chi connectivity index (χ0n) is 48.9. The van der Waals surface area contributed by atoms with Gasteiger partial charge in [0, 0.05) is 120 Å². The first kappa shape index (κ1) is 68.9. The van der Waals surface area contributed by atoms with Crippen molar-refractivity contribution in [1.82, 2.24) is 24.9 Å². The zero-order chi connectivity index (χ0) is 57.3. The van der Waals surface area contributed by atoms with Crippen molar-refractivity contribution in [2.45, 2.75) is 99.8 Å². The molecule has 0 fully saturated rings. The second-order valence-electron chi connectivity index (χ2n) is 17.2. The lowest BCUT2D eigenvalue weighted by atomic mass is 10.00. The minimum atomic E-state index is 0.667. The van der Waals surface area contributed by atoms with Crippen LogP contribution >= 0.6 is 0 Å². The minimum absolute atomic E-state index is 0.667. The molecule has 0 amide bonds. The molecule has 1 unspecified atom stereocenters. The number of aliphatic imine (C=N–C) groups is 7. The Morgan fingerprint density at radius 2 is 0.772 bits per heavy atom. The van der Waals surface area contributed by atoms with Gasteiger partial charge in [0.2, 0.25) is 0 Å². The van der Waals surface area contributed by atoms with Crippen LogP contribution in [-0.2, 0) is 0 Å². The molecule has 79 heavy (non-hydrogen) atoms. The lowest BCUT2D eigenvalue weighted by Gasteiger charge is -2.09. The van der Waals surface area contributed by atoms with Gasteiger partial charge in [-0.05, 0) is 106 Å². The van der Waals surface area contributed by atoms with Crippen LogP contribution in [0.3, 0.4) is 0 Å². The second-order valence-corrected chi connectivity index (χ2v) is 17.2. The molecule has 5 heterocycles. The number of pyridine rings is 5.